The summed E-state index contributed by atoms with van der Waals surface area (Å²) < 4.78 is 47.6. The number of carbonyl (C=O) groups is 1. The summed E-state index contributed by atoms with van der Waals surface area (Å²) >= 11 is 0. The number of methoxy groups -OCH3 is 2. The number of ether oxygens (including phenoxy) is 2. The Labute approximate surface area is 142 Å². The minimum Gasteiger partial charge on any atom is -0.507 e. The molecule has 0 radical (unpaired) electrons. The number of hydrogen-bond acceptors (Lipinski definition) is 4. The lowest BCUT2D eigenvalue weighted by Crippen LogP contribution is -2.04. The summed E-state index contributed by atoms with van der Waals surface area (Å²) in [5, 5.41) is 9.99. The smallest absolute Gasteiger partial charge is 0.416 e. The Kier molecular flexibility index (Phi) is 5.36. The van der Waals surface area contributed by atoms with Crippen molar-refractivity contribution >= 4 is 11.9 Å². The van der Waals surface area contributed by atoms with Crippen LogP contribution < -0.4 is 9.47 Å². The molecule has 0 unspecified atom stereocenters. The van der Waals surface area contributed by atoms with Crippen molar-refractivity contribution in [3.05, 3.63) is 59.2 Å². The first-order valence-electron chi connectivity index (χ1n) is 7.11. The van der Waals surface area contributed by atoms with Crippen LogP contribution in [-0.2, 0) is 6.18 Å². The molecule has 0 aliphatic carbocycles. The molecule has 0 aromatic heterocycles. The van der Waals surface area contributed by atoms with E-state index in [-0.39, 0.29) is 17.1 Å². The zero-order valence-corrected chi connectivity index (χ0v) is 13.4. The zero-order chi connectivity index (χ0) is 18.6. The summed E-state index contributed by atoms with van der Waals surface area (Å²) in [4.78, 5) is 12.3. The molecule has 7 heteroatoms. The number of aromatic hydroxyl groups is 1. The Hall–Kier alpha value is -2.96. The van der Waals surface area contributed by atoms with Gasteiger partial charge in [0.05, 0.1) is 19.8 Å². The van der Waals surface area contributed by atoms with E-state index in [0.29, 0.717) is 11.3 Å². The summed E-state index contributed by atoms with van der Waals surface area (Å²) in [6.07, 6.45) is -1.92. The molecule has 0 fully saturated rings. The third kappa shape index (κ3) is 4.32. The molecule has 0 amide bonds. The van der Waals surface area contributed by atoms with Crippen LogP contribution in [0.25, 0.3) is 6.08 Å². The third-order valence-corrected chi connectivity index (χ3v) is 3.42. The van der Waals surface area contributed by atoms with Gasteiger partial charge in [-0.15, -0.1) is 0 Å². The van der Waals surface area contributed by atoms with Crippen molar-refractivity contribution < 1.29 is 32.5 Å². The van der Waals surface area contributed by atoms with Gasteiger partial charge in [-0.05, 0) is 23.8 Å². The molecular formula is C18H15F3O4. The average Bonchev–Trinajstić information content (AvgIpc) is 2.58. The van der Waals surface area contributed by atoms with Gasteiger partial charge in [-0.3, -0.25) is 4.79 Å². The van der Waals surface area contributed by atoms with Gasteiger partial charge in [0.1, 0.15) is 22.8 Å². The number of phenols is 1. The van der Waals surface area contributed by atoms with Crippen molar-refractivity contribution in [2.24, 2.45) is 0 Å². The minimum absolute atomic E-state index is 0.0635. The number of carbonyl (C=O) groups excluding carboxylic acids is 1. The highest BCUT2D eigenvalue weighted by molar-refractivity contribution is 6.10. The van der Waals surface area contributed by atoms with Crippen molar-refractivity contribution in [3.63, 3.8) is 0 Å². The van der Waals surface area contributed by atoms with Crippen molar-refractivity contribution in [3.8, 4) is 17.2 Å². The van der Waals surface area contributed by atoms with Gasteiger partial charge >= 0.3 is 6.18 Å². The molecule has 0 heterocycles. The summed E-state index contributed by atoms with van der Waals surface area (Å²) in [6.45, 7) is 0. The summed E-state index contributed by atoms with van der Waals surface area (Å²) in [5.41, 5.74) is -0.426. The number of alkyl halides is 3. The van der Waals surface area contributed by atoms with E-state index >= 15 is 0 Å². The SMILES string of the molecule is COc1cc(O)c(C(=O)C=Cc2ccc(C(F)(F)F)cc2)c(OC)c1. The predicted octanol–water partition coefficient (Wildman–Crippen LogP) is 4.32. The second-order valence-electron chi connectivity index (χ2n) is 5.04. The largest absolute Gasteiger partial charge is 0.507 e. The maximum atomic E-state index is 12.5. The number of allylic oxidation sites excluding steroid dienone is 1. The van der Waals surface area contributed by atoms with E-state index in [0.717, 1.165) is 18.2 Å². The number of halogens is 3. The van der Waals surface area contributed by atoms with Gasteiger partial charge in [0, 0.05) is 12.1 Å². The summed E-state index contributed by atoms with van der Waals surface area (Å²) in [7, 11) is 2.74. The van der Waals surface area contributed by atoms with E-state index in [1.807, 2.05) is 0 Å². The molecule has 2 aromatic carbocycles. The number of rotatable bonds is 5. The van der Waals surface area contributed by atoms with Gasteiger partial charge in [0.25, 0.3) is 0 Å². The molecule has 1 N–H and O–H groups in total. The quantitative estimate of drug-likeness (QED) is 0.643. The lowest BCUT2D eigenvalue weighted by Gasteiger charge is -2.10. The maximum absolute atomic E-state index is 12.5. The van der Waals surface area contributed by atoms with Crippen molar-refractivity contribution in [2.45, 2.75) is 6.18 Å². The van der Waals surface area contributed by atoms with E-state index in [4.69, 9.17) is 9.47 Å². The summed E-state index contributed by atoms with van der Waals surface area (Å²) in [5.74, 6) is -0.438. The Bertz CT molecular complexity index is 793. The van der Waals surface area contributed by atoms with Crippen LogP contribution >= 0.6 is 0 Å². The first-order valence-corrected chi connectivity index (χ1v) is 7.11. The van der Waals surface area contributed by atoms with Gasteiger partial charge in [0.15, 0.2) is 5.78 Å². The van der Waals surface area contributed by atoms with Crippen LogP contribution in [0.3, 0.4) is 0 Å². The molecule has 0 aliphatic heterocycles. The second kappa shape index (κ2) is 7.29. The van der Waals surface area contributed by atoms with Crippen LogP contribution in [0.15, 0.2) is 42.5 Å². The Morgan fingerprint density at radius 1 is 1.08 bits per heavy atom. The van der Waals surface area contributed by atoms with Gasteiger partial charge < -0.3 is 14.6 Å². The molecule has 0 spiro atoms. The van der Waals surface area contributed by atoms with Crippen LogP contribution in [0.4, 0.5) is 13.2 Å². The first-order chi connectivity index (χ1) is 11.8. The number of hydrogen-bond donors (Lipinski definition) is 1. The molecule has 2 aromatic rings. The van der Waals surface area contributed by atoms with Gasteiger partial charge in [-0.25, -0.2) is 0 Å². The molecule has 0 aliphatic rings. The standard InChI is InChI=1S/C18H15F3O4/c1-24-13-9-15(23)17(16(10-13)25-2)14(22)8-5-11-3-6-12(7-4-11)18(19,20)21/h3-10,23H,1-2H3. The molecule has 0 bridgehead atoms. The highest BCUT2D eigenvalue weighted by Crippen LogP contribution is 2.34. The van der Waals surface area contributed by atoms with Crippen LogP contribution in [0.5, 0.6) is 17.2 Å². The monoisotopic (exact) mass is 352 g/mol. The highest BCUT2D eigenvalue weighted by atomic mass is 19.4. The lowest BCUT2D eigenvalue weighted by atomic mass is 10.1. The Morgan fingerprint density at radius 2 is 1.72 bits per heavy atom. The topological polar surface area (TPSA) is 55.8 Å². The molecule has 0 atom stereocenters. The van der Waals surface area contributed by atoms with E-state index in [9.17, 15) is 23.1 Å². The predicted molar refractivity (Wildman–Crippen MR) is 86.0 cm³/mol. The Balaban J connectivity index is 2.26. The van der Waals surface area contributed by atoms with E-state index in [1.165, 1.54) is 44.6 Å². The third-order valence-electron chi connectivity index (χ3n) is 3.42. The van der Waals surface area contributed by atoms with E-state index in [1.54, 1.807) is 0 Å². The lowest BCUT2D eigenvalue weighted by molar-refractivity contribution is -0.137. The van der Waals surface area contributed by atoms with Gasteiger partial charge in [-0.1, -0.05) is 18.2 Å². The van der Waals surface area contributed by atoms with Crippen molar-refractivity contribution in [2.75, 3.05) is 14.2 Å². The van der Waals surface area contributed by atoms with Crippen LogP contribution in [0.1, 0.15) is 21.5 Å². The van der Waals surface area contributed by atoms with Gasteiger partial charge in [0.2, 0.25) is 0 Å². The zero-order valence-electron chi connectivity index (χ0n) is 13.4. The van der Waals surface area contributed by atoms with E-state index in [2.05, 4.69) is 0 Å². The summed E-state index contributed by atoms with van der Waals surface area (Å²) in [6, 6.07) is 7.06. The fourth-order valence-electron chi connectivity index (χ4n) is 2.14. The first kappa shape index (κ1) is 18.4. The Morgan fingerprint density at radius 3 is 2.24 bits per heavy atom. The van der Waals surface area contributed by atoms with Crippen LogP contribution in [0.2, 0.25) is 0 Å². The average molecular weight is 352 g/mol. The van der Waals surface area contributed by atoms with E-state index < -0.39 is 17.5 Å². The minimum atomic E-state index is -4.42. The molecule has 4 nitrogen and oxygen atoms in total. The maximum Gasteiger partial charge on any atom is 0.416 e. The molecule has 2 rings (SSSR count). The normalized spacial score (nSPS) is 11.6. The van der Waals surface area contributed by atoms with Crippen LogP contribution in [-0.4, -0.2) is 25.1 Å². The molecule has 132 valence electrons. The van der Waals surface area contributed by atoms with Crippen molar-refractivity contribution in [1.29, 1.82) is 0 Å². The number of ketones is 1. The second-order valence-corrected chi connectivity index (χ2v) is 5.04. The fraction of sp³-hybridized carbons (Fsp3) is 0.167. The number of benzene rings is 2. The van der Waals surface area contributed by atoms with Crippen molar-refractivity contribution in [1.82, 2.24) is 0 Å². The molecule has 25 heavy (non-hydrogen) atoms. The van der Waals surface area contributed by atoms with Crippen LogP contribution in [0, 0.1) is 0 Å². The molecular weight excluding hydrogens is 337 g/mol. The van der Waals surface area contributed by atoms with Gasteiger partial charge in [-0.2, -0.15) is 13.2 Å². The number of phenolic OH excluding ortho intramolecular Hbond substituents is 1. The molecule has 0 saturated carbocycles. The molecule has 0 saturated heterocycles. The highest BCUT2D eigenvalue weighted by Gasteiger charge is 2.29. The fourth-order valence-corrected chi connectivity index (χ4v) is 2.14.